The second-order valence-electron chi connectivity index (χ2n) is 18.2. The first kappa shape index (κ1) is 42.1. The molecule has 3 heterocycles. The van der Waals surface area contributed by atoms with Gasteiger partial charge in [-0.05, 0) is 169 Å². The highest BCUT2D eigenvalue weighted by Crippen LogP contribution is 2.40. The Morgan fingerprint density at radius 2 is 0.887 bits per heavy atom. The molecule has 1 unspecified atom stereocenters. The molecule has 0 saturated carbocycles. The molecule has 1 aliphatic rings. The number of rotatable bonds is 11. The second kappa shape index (κ2) is 18.2. The maximum Gasteiger partial charge on any atom is 0.0714 e. The van der Waals surface area contributed by atoms with Crippen molar-refractivity contribution in [1.29, 1.82) is 0 Å². The molecule has 0 bridgehead atoms. The van der Waals surface area contributed by atoms with E-state index in [1.807, 2.05) is 30.7 Å². The minimum absolute atomic E-state index is 0.0504. The van der Waals surface area contributed by atoms with Gasteiger partial charge >= 0.3 is 0 Å². The first-order chi connectivity index (χ1) is 29.9. The van der Waals surface area contributed by atoms with Crippen LogP contribution in [0.3, 0.4) is 0 Å². The number of nitrogens with zero attached hydrogens (tertiary/aromatic N) is 3. The highest BCUT2D eigenvalue weighted by Gasteiger charge is 2.24. The van der Waals surface area contributed by atoms with Crippen molar-refractivity contribution in [3.63, 3.8) is 0 Å². The van der Waals surface area contributed by atoms with E-state index in [0.717, 1.165) is 65.0 Å². The molecule has 7 aromatic rings. The molecular formula is C59H57N3. The van der Waals surface area contributed by atoms with Crippen LogP contribution < -0.4 is 0 Å². The molecule has 0 aliphatic heterocycles. The summed E-state index contributed by atoms with van der Waals surface area (Å²) in [4.78, 5) is 14.0. The third kappa shape index (κ3) is 9.77. The fourth-order valence-corrected chi connectivity index (χ4v) is 8.45. The standard InChI is InChI=1S/C59H57N3/c1-39-27-30-60-55(33-39)48-18-14-44(15-19-48)10-12-46-35-47(13-11-45-16-20-49(21-17-45)56-34-40(2)28-31-61-56)37-52(36-46)54-26-9-41(3)42(4)43(5)58(54)51-24-22-50(23-25-51)57-38-53(29-32-62-57)59(6,7)8/h14-25,27-38,54H,10-13H2,1-8H3. The van der Waals surface area contributed by atoms with E-state index in [2.05, 4.69) is 192 Å². The van der Waals surface area contributed by atoms with Crippen LogP contribution in [0.4, 0.5) is 0 Å². The van der Waals surface area contributed by atoms with E-state index in [4.69, 9.17) is 4.98 Å². The van der Waals surface area contributed by atoms with Crippen molar-refractivity contribution in [1.82, 2.24) is 15.0 Å². The smallest absolute Gasteiger partial charge is 0.0714 e. The molecule has 3 nitrogen and oxygen atoms in total. The Morgan fingerprint density at radius 3 is 1.37 bits per heavy atom. The van der Waals surface area contributed by atoms with Gasteiger partial charge in [-0.15, -0.1) is 0 Å². The summed E-state index contributed by atoms with van der Waals surface area (Å²) >= 11 is 0. The SMILES string of the molecule is CC1=C(C)C(C)=C(c2ccc(-c3cc(C(C)(C)C)ccn3)cc2)C(c2cc(CCc3ccc(-c4cc(C)ccn4)cc3)cc(CCc3ccc(-c4cc(C)ccn4)cc3)c2)C#C1. The van der Waals surface area contributed by atoms with Crippen LogP contribution in [0, 0.1) is 25.7 Å². The van der Waals surface area contributed by atoms with Crippen molar-refractivity contribution >= 4 is 5.57 Å². The molecule has 0 fully saturated rings. The van der Waals surface area contributed by atoms with Gasteiger partial charge in [-0.1, -0.05) is 124 Å². The summed E-state index contributed by atoms with van der Waals surface area (Å²) < 4.78 is 0. The van der Waals surface area contributed by atoms with Gasteiger partial charge in [0.25, 0.3) is 0 Å². The molecule has 0 saturated heterocycles. The molecule has 0 spiro atoms. The number of benzene rings is 4. The Labute approximate surface area is 369 Å². The molecule has 1 atom stereocenters. The van der Waals surface area contributed by atoms with E-state index >= 15 is 0 Å². The highest BCUT2D eigenvalue weighted by molar-refractivity contribution is 5.82. The van der Waals surface area contributed by atoms with Crippen molar-refractivity contribution < 1.29 is 0 Å². The third-order valence-corrected chi connectivity index (χ3v) is 12.5. The van der Waals surface area contributed by atoms with Gasteiger partial charge in [0.15, 0.2) is 0 Å². The van der Waals surface area contributed by atoms with Gasteiger partial charge in [-0.25, -0.2) is 0 Å². The van der Waals surface area contributed by atoms with Crippen molar-refractivity contribution in [3.8, 4) is 45.6 Å². The molecule has 8 rings (SSSR count). The number of aromatic nitrogens is 3. The minimum atomic E-state index is -0.0866. The fourth-order valence-electron chi connectivity index (χ4n) is 8.45. The predicted octanol–water partition coefficient (Wildman–Crippen LogP) is 14.3. The summed E-state index contributed by atoms with van der Waals surface area (Å²) in [6.45, 7) is 17.6. The van der Waals surface area contributed by atoms with Gasteiger partial charge in [0.05, 0.1) is 23.0 Å². The lowest BCUT2D eigenvalue weighted by Crippen LogP contribution is -2.11. The van der Waals surface area contributed by atoms with Gasteiger partial charge in [0.1, 0.15) is 0 Å². The third-order valence-electron chi connectivity index (χ3n) is 12.5. The summed E-state index contributed by atoms with van der Waals surface area (Å²) in [7, 11) is 0. The van der Waals surface area contributed by atoms with Crippen LogP contribution in [0.25, 0.3) is 39.3 Å². The summed E-state index contributed by atoms with van der Waals surface area (Å²) in [6.07, 6.45) is 9.48. The second-order valence-corrected chi connectivity index (χ2v) is 18.2. The van der Waals surface area contributed by atoms with Crippen molar-refractivity contribution in [3.05, 3.63) is 213 Å². The van der Waals surface area contributed by atoms with Crippen LogP contribution in [-0.4, -0.2) is 15.0 Å². The lowest BCUT2D eigenvalue weighted by molar-refractivity contribution is 0.589. The molecule has 3 heteroatoms. The van der Waals surface area contributed by atoms with Crippen LogP contribution in [0.1, 0.15) is 97.5 Å². The van der Waals surface area contributed by atoms with E-state index in [0.29, 0.717) is 0 Å². The average Bonchev–Trinajstić information content (AvgIpc) is 3.39. The van der Waals surface area contributed by atoms with Crippen LogP contribution in [0.5, 0.6) is 0 Å². The molecular weight excluding hydrogens is 751 g/mol. The zero-order chi connectivity index (χ0) is 43.4. The number of hydrogen-bond donors (Lipinski definition) is 0. The molecule has 1 aliphatic carbocycles. The molecule has 3 aromatic heterocycles. The van der Waals surface area contributed by atoms with Crippen LogP contribution in [0.2, 0.25) is 0 Å². The maximum atomic E-state index is 4.77. The lowest BCUT2D eigenvalue weighted by Gasteiger charge is -2.22. The molecule has 308 valence electrons. The van der Waals surface area contributed by atoms with Gasteiger partial charge in [0, 0.05) is 40.9 Å². The summed E-state index contributed by atoms with van der Waals surface area (Å²) in [6, 6.07) is 46.9. The minimum Gasteiger partial charge on any atom is -0.256 e. The first-order valence-electron chi connectivity index (χ1n) is 22.0. The van der Waals surface area contributed by atoms with Gasteiger partial charge in [-0.2, -0.15) is 0 Å². The number of pyridine rings is 3. The number of allylic oxidation sites excluding steroid dienone is 4. The normalized spacial score (nSPS) is 14.1. The highest BCUT2D eigenvalue weighted by atomic mass is 14.7. The van der Waals surface area contributed by atoms with Crippen molar-refractivity contribution in [2.24, 2.45) is 0 Å². The van der Waals surface area contributed by atoms with Gasteiger partial charge in [0.2, 0.25) is 0 Å². The van der Waals surface area contributed by atoms with Crippen LogP contribution in [-0.2, 0) is 31.1 Å². The Morgan fingerprint density at radius 1 is 0.452 bits per heavy atom. The Balaban J connectivity index is 1.12. The topological polar surface area (TPSA) is 38.7 Å². The quantitative estimate of drug-likeness (QED) is 0.122. The van der Waals surface area contributed by atoms with E-state index in [-0.39, 0.29) is 11.3 Å². The van der Waals surface area contributed by atoms with Crippen LogP contribution >= 0.6 is 0 Å². The van der Waals surface area contributed by atoms with Crippen molar-refractivity contribution in [2.45, 2.75) is 92.4 Å². The van der Waals surface area contributed by atoms with E-state index in [1.165, 1.54) is 66.8 Å². The summed E-state index contributed by atoms with van der Waals surface area (Å²) in [5.74, 6) is 7.30. The largest absolute Gasteiger partial charge is 0.256 e. The lowest BCUT2D eigenvalue weighted by atomic mass is 9.81. The van der Waals surface area contributed by atoms with E-state index in [1.54, 1.807) is 0 Å². The number of hydrogen-bond acceptors (Lipinski definition) is 3. The van der Waals surface area contributed by atoms with E-state index in [9.17, 15) is 0 Å². The van der Waals surface area contributed by atoms with Crippen molar-refractivity contribution in [2.75, 3.05) is 0 Å². The van der Waals surface area contributed by atoms with Gasteiger partial charge in [-0.3, -0.25) is 15.0 Å². The number of aryl methyl sites for hydroxylation is 6. The molecule has 0 radical (unpaired) electrons. The Hall–Kier alpha value is -6.63. The molecule has 62 heavy (non-hydrogen) atoms. The first-order valence-corrected chi connectivity index (χ1v) is 22.0. The Bertz CT molecular complexity index is 2740. The molecule has 0 amide bonds. The van der Waals surface area contributed by atoms with Crippen LogP contribution in [0.15, 0.2) is 163 Å². The van der Waals surface area contributed by atoms with Gasteiger partial charge < -0.3 is 0 Å². The zero-order valence-corrected chi connectivity index (χ0v) is 37.6. The summed E-state index contributed by atoms with van der Waals surface area (Å²) in [5, 5.41) is 0. The monoisotopic (exact) mass is 807 g/mol. The van der Waals surface area contributed by atoms with E-state index < -0.39 is 0 Å². The molecule has 4 aromatic carbocycles. The predicted molar refractivity (Wildman–Crippen MR) is 260 cm³/mol. The maximum absolute atomic E-state index is 4.77. The Kier molecular flexibility index (Phi) is 12.3. The zero-order valence-electron chi connectivity index (χ0n) is 37.6. The summed E-state index contributed by atoms with van der Waals surface area (Å²) in [5.41, 5.74) is 22.9. The fraction of sp³-hybridized carbons (Fsp3) is 0.237. The average molecular weight is 808 g/mol. The molecule has 0 N–H and O–H groups in total.